The quantitative estimate of drug-likeness (QED) is 0.252. The second kappa shape index (κ2) is 9.81. The highest BCUT2D eigenvalue weighted by Crippen LogP contribution is 2.42. The number of carbonyl (C=O) groups excluding carboxylic acids is 2. The normalized spacial score (nSPS) is 13.0. The van der Waals surface area contributed by atoms with Crippen molar-refractivity contribution in [3.8, 4) is 5.75 Å². The third-order valence-corrected chi connectivity index (χ3v) is 6.87. The molecule has 7 nitrogen and oxygen atoms in total. The number of phenolic OH excluding ortho intramolecular Hbond substituents is 1. The number of rotatable bonds is 7. The van der Waals surface area contributed by atoms with Crippen LogP contribution in [0.4, 0.5) is 18.9 Å². The van der Waals surface area contributed by atoms with Gasteiger partial charge in [0, 0.05) is 16.3 Å². The first-order valence-electron chi connectivity index (χ1n) is 10.8. The molecule has 3 rings (SSSR count). The topological polar surface area (TPSA) is 110 Å². The fourth-order valence-electron chi connectivity index (χ4n) is 3.72. The van der Waals surface area contributed by atoms with Gasteiger partial charge in [-0.05, 0) is 51.0 Å². The summed E-state index contributed by atoms with van der Waals surface area (Å²) in [5.41, 5.74) is 0.114. The molecule has 0 bridgehead atoms. The van der Waals surface area contributed by atoms with Gasteiger partial charge in [0.15, 0.2) is 5.92 Å². The van der Waals surface area contributed by atoms with Crippen molar-refractivity contribution < 1.29 is 41.0 Å². The van der Waals surface area contributed by atoms with E-state index in [1.54, 1.807) is 26.0 Å². The molecule has 0 amide bonds. The number of fused-ring (bicyclic) bond motifs is 1. The lowest BCUT2D eigenvalue weighted by atomic mass is 9.90. The van der Waals surface area contributed by atoms with Crippen LogP contribution in [0.15, 0.2) is 53.4 Å². The van der Waals surface area contributed by atoms with Crippen LogP contribution in [-0.2, 0) is 24.3 Å². The van der Waals surface area contributed by atoms with Crippen LogP contribution in [0.5, 0.6) is 5.75 Å². The second-order valence-corrected chi connectivity index (χ2v) is 10.2. The van der Waals surface area contributed by atoms with Crippen LogP contribution in [0.1, 0.15) is 36.5 Å². The van der Waals surface area contributed by atoms with Gasteiger partial charge < -0.3 is 9.84 Å². The molecule has 192 valence electrons. The van der Waals surface area contributed by atoms with Crippen LogP contribution in [0.2, 0.25) is 0 Å². The fourth-order valence-corrected chi connectivity index (χ4v) is 5.12. The third-order valence-electron chi connectivity index (χ3n) is 5.36. The van der Waals surface area contributed by atoms with E-state index < -0.39 is 51.3 Å². The number of esters is 1. The van der Waals surface area contributed by atoms with E-state index in [4.69, 9.17) is 4.74 Å². The summed E-state index contributed by atoms with van der Waals surface area (Å²) in [5, 5.41) is 10.9. The van der Waals surface area contributed by atoms with Crippen molar-refractivity contribution in [2.24, 2.45) is 0 Å². The predicted octanol–water partition coefficient (Wildman–Crippen LogP) is 5.13. The standard InChI is InChI=1S/C25H24F3NO6S/c1-13(2)35-24(32)21(23(31)25(26,27)28)18-12-19(16-7-5-6-8-17(16)22(18)30)29-36(33,34)20-11-14(3)9-10-15(20)4/h5-13,21,29-30H,1-4H3/t21-/m1/s1. The maximum absolute atomic E-state index is 13.5. The number of Topliss-reactive ketones (excluding diaryl/α,β-unsaturated/α-hetero) is 1. The van der Waals surface area contributed by atoms with Crippen molar-refractivity contribution in [1.29, 1.82) is 0 Å². The van der Waals surface area contributed by atoms with Crippen LogP contribution in [-0.4, -0.2) is 37.6 Å². The molecule has 0 aliphatic heterocycles. The molecule has 11 heteroatoms. The van der Waals surface area contributed by atoms with Gasteiger partial charge >= 0.3 is 12.1 Å². The van der Waals surface area contributed by atoms with E-state index in [-0.39, 0.29) is 21.4 Å². The zero-order chi connectivity index (χ0) is 27.0. The Balaban J connectivity index is 2.28. The number of benzene rings is 3. The Labute approximate surface area is 205 Å². The number of sulfonamides is 1. The van der Waals surface area contributed by atoms with Gasteiger partial charge in [0.05, 0.1) is 16.7 Å². The van der Waals surface area contributed by atoms with E-state index in [0.717, 1.165) is 6.07 Å². The molecule has 3 aromatic carbocycles. The molecular weight excluding hydrogens is 499 g/mol. The van der Waals surface area contributed by atoms with Gasteiger partial charge in [0.1, 0.15) is 5.75 Å². The summed E-state index contributed by atoms with van der Waals surface area (Å²) in [6.07, 6.45) is -6.29. The van der Waals surface area contributed by atoms with E-state index in [9.17, 15) is 36.3 Å². The Kier molecular flexibility index (Phi) is 7.35. The molecule has 2 N–H and O–H groups in total. The van der Waals surface area contributed by atoms with Crippen molar-refractivity contribution in [2.45, 2.75) is 50.8 Å². The third kappa shape index (κ3) is 5.46. The van der Waals surface area contributed by atoms with E-state index in [1.807, 2.05) is 0 Å². The first-order chi connectivity index (χ1) is 16.6. The summed E-state index contributed by atoms with van der Waals surface area (Å²) >= 11 is 0. The number of aromatic hydroxyl groups is 1. The zero-order valence-electron chi connectivity index (χ0n) is 19.8. The van der Waals surface area contributed by atoms with Crippen molar-refractivity contribution in [3.05, 3.63) is 65.2 Å². The largest absolute Gasteiger partial charge is 0.507 e. The molecule has 0 saturated carbocycles. The minimum absolute atomic E-state index is 0.0639. The van der Waals surface area contributed by atoms with Crippen LogP contribution < -0.4 is 4.72 Å². The summed E-state index contributed by atoms with van der Waals surface area (Å²) in [5.74, 6) is -7.33. The van der Waals surface area contributed by atoms with Crippen LogP contribution >= 0.6 is 0 Å². The zero-order valence-corrected chi connectivity index (χ0v) is 20.6. The average Bonchev–Trinajstić information content (AvgIpc) is 2.77. The van der Waals surface area contributed by atoms with Gasteiger partial charge in [-0.25, -0.2) is 8.42 Å². The Morgan fingerprint density at radius 2 is 1.61 bits per heavy atom. The number of nitrogens with one attached hydrogen (secondary N) is 1. The molecule has 0 aliphatic carbocycles. The Bertz CT molecular complexity index is 1450. The van der Waals surface area contributed by atoms with E-state index in [0.29, 0.717) is 11.1 Å². The van der Waals surface area contributed by atoms with Crippen LogP contribution in [0.25, 0.3) is 10.8 Å². The SMILES string of the molecule is Cc1ccc(C)c(S(=O)(=O)Nc2cc([C@@H](C(=O)OC(C)C)C(=O)C(F)(F)F)c(O)c3ccccc23)c1. The number of alkyl halides is 3. The van der Waals surface area contributed by atoms with Crippen molar-refractivity contribution in [3.63, 3.8) is 0 Å². The lowest BCUT2D eigenvalue weighted by Gasteiger charge is -2.22. The number of ether oxygens (including phenoxy) is 1. The lowest BCUT2D eigenvalue weighted by Crippen LogP contribution is -2.35. The van der Waals surface area contributed by atoms with Crippen LogP contribution in [0.3, 0.4) is 0 Å². The molecule has 0 aliphatic rings. The molecule has 3 aromatic rings. The molecule has 1 atom stereocenters. The molecule has 0 unspecified atom stereocenters. The van der Waals surface area contributed by atoms with E-state index in [2.05, 4.69) is 4.72 Å². The second-order valence-electron chi connectivity index (χ2n) is 8.56. The summed E-state index contributed by atoms with van der Waals surface area (Å²) < 4.78 is 74.1. The summed E-state index contributed by atoms with van der Waals surface area (Å²) in [6, 6.07) is 11.4. The molecule has 36 heavy (non-hydrogen) atoms. The molecule has 0 saturated heterocycles. The summed E-state index contributed by atoms with van der Waals surface area (Å²) in [4.78, 5) is 24.9. The Hall–Kier alpha value is -3.60. The Morgan fingerprint density at radius 3 is 2.19 bits per heavy atom. The number of hydrogen-bond donors (Lipinski definition) is 2. The smallest absolute Gasteiger partial charge is 0.451 e. The van der Waals surface area contributed by atoms with E-state index in [1.165, 1.54) is 44.2 Å². The number of ketones is 1. The van der Waals surface area contributed by atoms with Gasteiger partial charge in [-0.2, -0.15) is 13.2 Å². The number of carbonyl (C=O) groups is 2. The monoisotopic (exact) mass is 523 g/mol. The van der Waals surface area contributed by atoms with Crippen molar-refractivity contribution in [1.82, 2.24) is 0 Å². The first-order valence-corrected chi connectivity index (χ1v) is 12.3. The number of anilines is 1. The van der Waals surface area contributed by atoms with Crippen molar-refractivity contribution >= 4 is 38.2 Å². The molecule has 0 heterocycles. The minimum atomic E-state index is -5.43. The van der Waals surface area contributed by atoms with Gasteiger partial charge in [-0.1, -0.05) is 36.4 Å². The van der Waals surface area contributed by atoms with E-state index >= 15 is 0 Å². The van der Waals surface area contributed by atoms with Gasteiger partial charge in [0.25, 0.3) is 15.8 Å². The maximum atomic E-state index is 13.5. The summed E-state index contributed by atoms with van der Waals surface area (Å²) in [7, 11) is -4.26. The van der Waals surface area contributed by atoms with Gasteiger partial charge in [-0.3, -0.25) is 14.3 Å². The summed E-state index contributed by atoms with van der Waals surface area (Å²) in [6.45, 7) is 6.04. The highest BCUT2D eigenvalue weighted by Gasteiger charge is 2.49. The molecular formula is C25H24F3NO6S. The number of aryl methyl sites for hydroxylation is 2. The maximum Gasteiger partial charge on any atom is 0.451 e. The predicted molar refractivity (Wildman–Crippen MR) is 127 cm³/mol. The highest BCUT2D eigenvalue weighted by molar-refractivity contribution is 7.92. The number of phenols is 1. The molecule has 0 fully saturated rings. The average molecular weight is 524 g/mol. The fraction of sp³-hybridized carbons (Fsp3) is 0.280. The minimum Gasteiger partial charge on any atom is -0.507 e. The molecule has 0 aromatic heterocycles. The Morgan fingerprint density at radius 1 is 1.00 bits per heavy atom. The molecule has 0 radical (unpaired) electrons. The molecule has 0 spiro atoms. The van der Waals surface area contributed by atoms with Gasteiger partial charge in [-0.15, -0.1) is 0 Å². The highest BCUT2D eigenvalue weighted by atomic mass is 32.2. The lowest BCUT2D eigenvalue weighted by molar-refractivity contribution is -0.178. The van der Waals surface area contributed by atoms with Gasteiger partial charge in [0.2, 0.25) is 0 Å². The first kappa shape index (κ1) is 27.0. The van der Waals surface area contributed by atoms with Crippen LogP contribution in [0, 0.1) is 13.8 Å². The number of halogens is 3. The number of hydrogen-bond acceptors (Lipinski definition) is 6. The van der Waals surface area contributed by atoms with Crippen molar-refractivity contribution in [2.75, 3.05) is 4.72 Å².